The first kappa shape index (κ1) is 11.6. The zero-order chi connectivity index (χ0) is 12.3. The summed E-state index contributed by atoms with van der Waals surface area (Å²) in [6.07, 6.45) is 0.894. The van der Waals surface area contributed by atoms with E-state index >= 15 is 0 Å². The number of hydrogen-bond acceptors (Lipinski definition) is 2. The normalized spacial score (nSPS) is 12.4. The van der Waals surface area contributed by atoms with E-state index in [-0.39, 0.29) is 11.6 Å². The Labute approximate surface area is 101 Å². The fourth-order valence-corrected chi connectivity index (χ4v) is 1.68. The number of benzene rings is 1. The van der Waals surface area contributed by atoms with Crippen LogP contribution in [0.2, 0.25) is 0 Å². The lowest BCUT2D eigenvalue weighted by Gasteiger charge is -2.12. The van der Waals surface area contributed by atoms with Gasteiger partial charge in [-0.1, -0.05) is 37.3 Å². The van der Waals surface area contributed by atoms with Crippen molar-refractivity contribution in [2.75, 3.05) is 0 Å². The minimum absolute atomic E-state index is 0.0426. The number of nitrogens with zero attached hydrogens (tertiary/aromatic N) is 2. The molecule has 0 bridgehead atoms. The molecule has 0 aliphatic carbocycles. The Morgan fingerprint density at radius 2 is 1.88 bits per heavy atom. The molecule has 88 valence electrons. The average Bonchev–Trinajstić information content (AvgIpc) is 2.39. The molecular formula is C14H16N2O. The number of hydrogen-bond donors (Lipinski definition) is 0. The summed E-state index contributed by atoms with van der Waals surface area (Å²) in [5, 5.41) is 4.42. The van der Waals surface area contributed by atoms with Crippen LogP contribution >= 0.6 is 0 Å². The molecule has 1 aromatic heterocycles. The summed E-state index contributed by atoms with van der Waals surface area (Å²) in [6, 6.07) is 13.4. The van der Waals surface area contributed by atoms with Crippen molar-refractivity contribution >= 4 is 0 Å². The minimum Gasteiger partial charge on any atom is -0.268 e. The Morgan fingerprint density at radius 3 is 2.53 bits per heavy atom. The van der Waals surface area contributed by atoms with Gasteiger partial charge in [0, 0.05) is 11.6 Å². The van der Waals surface area contributed by atoms with E-state index in [2.05, 4.69) is 5.10 Å². The van der Waals surface area contributed by atoms with Gasteiger partial charge in [0.05, 0.1) is 11.7 Å². The molecule has 2 aromatic rings. The van der Waals surface area contributed by atoms with Crippen molar-refractivity contribution in [3.05, 3.63) is 52.8 Å². The summed E-state index contributed by atoms with van der Waals surface area (Å²) in [6.45, 7) is 4.05. The van der Waals surface area contributed by atoms with Gasteiger partial charge in [0.15, 0.2) is 0 Å². The van der Waals surface area contributed by atoms with E-state index in [1.165, 1.54) is 0 Å². The van der Waals surface area contributed by atoms with E-state index < -0.39 is 0 Å². The third kappa shape index (κ3) is 2.44. The van der Waals surface area contributed by atoms with Crippen LogP contribution in [0.4, 0.5) is 0 Å². The van der Waals surface area contributed by atoms with Crippen LogP contribution in [-0.4, -0.2) is 9.78 Å². The first-order valence-corrected chi connectivity index (χ1v) is 5.87. The zero-order valence-electron chi connectivity index (χ0n) is 10.1. The van der Waals surface area contributed by atoms with Crippen LogP contribution in [0.1, 0.15) is 26.3 Å². The zero-order valence-corrected chi connectivity index (χ0v) is 10.1. The van der Waals surface area contributed by atoms with E-state index in [0.29, 0.717) is 0 Å². The summed E-state index contributed by atoms with van der Waals surface area (Å²) in [5.41, 5.74) is 1.83. The van der Waals surface area contributed by atoms with Gasteiger partial charge in [0.2, 0.25) is 0 Å². The highest BCUT2D eigenvalue weighted by atomic mass is 16.1. The summed E-state index contributed by atoms with van der Waals surface area (Å²) < 4.78 is 1.56. The predicted molar refractivity (Wildman–Crippen MR) is 68.9 cm³/mol. The molecule has 1 atom stereocenters. The van der Waals surface area contributed by atoms with Gasteiger partial charge in [-0.3, -0.25) is 4.79 Å². The molecule has 0 aliphatic rings. The monoisotopic (exact) mass is 228 g/mol. The van der Waals surface area contributed by atoms with Crippen LogP contribution in [0.5, 0.6) is 0 Å². The van der Waals surface area contributed by atoms with E-state index in [1.54, 1.807) is 16.8 Å². The first-order chi connectivity index (χ1) is 8.22. The van der Waals surface area contributed by atoms with Crippen LogP contribution in [0.25, 0.3) is 11.3 Å². The molecule has 3 nitrogen and oxygen atoms in total. The maximum atomic E-state index is 11.7. The van der Waals surface area contributed by atoms with Crippen molar-refractivity contribution in [1.29, 1.82) is 0 Å². The Hall–Kier alpha value is -1.90. The van der Waals surface area contributed by atoms with Gasteiger partial charge in [-0.15, -0.1) is 0 Å². The molecule has 1 aromatic carbocycles. The maximum Gasteiger partial charge on any atom is 0.267 e. The third-order valence-corrected chi connectivity index (χ3v) is 2.90. The lowest BCUT2D eigenvalue weighted by molar-refractivity contribution is 0.456. The van der Waals surface area contributed by atoms with Crippen LogP contribution in [0, 0.1) is 0 Å². The first-order valence-electron chi connectivity index (χ1n) is 5.87. The highest BCUT2D eigenvalue weighted by Crippen LogP contribution is 2.15. The highest BCUT2D eigenvalue weighted by molar-refractivity contribution is 5.57. The van der Waals surface area contributed by atoms with Gasteiger partial charge >= 0.3 is 0 Å². The smallest absolute Gasteiger partial charge is 0.267 e. The molecule has 1 unspecified atom stereocenters. The van der Waals surface area contributed by atoms with Crippen LogP contribution in [-0.2, 0) is 0 Å². The summed E-state index contributed by atoms with van der Waals surface area (Å²) in [4.78, 5) is 11.7. The van der Waals surface area contributed by atoms with E-state index in [4.69, 9.17) is 0 Å². The molecule has 0 fully saturated rings. The lowest BCUT2D eigenvalue weighted by atomic mass is 10.1. The molecule has 0 saturated carbocycles. The Bertz CT molecular complexity index is 546. The van der Waals surface area contributed by atoms with Crippen LogP contribution in [0.15, 0.2) is 47.3 Å². The second-order valence-electron chi connectivity index (χ2n) is 4.12. The van der Waals surface area contributed by atoms with Gasteiger partial charge in [-0.25, -0.2) is 4.68 Å². The number of rotatable bonds is 3. The summed E-state index contributed by atoms with van der Waals surface area (Å²) >= 11 is 0. The second-order valence-corrected chi connectivity index (χ2v) is 4.12. The molecule has 0 radical (unpaired) electrons. The molecule has 0 spiro atoms. The second kappa shape index (κ2) is 4.95. The van der Waals surface area contributed by atoms with E-state index in [1.807, 2.05) is 44.2 Å². The largest absolute Gasteiger partial charge is 0.268 e. The molecule has 17 heavy (non-hydrogen) atoms. The minimum atomic E-state index is -0.0426. The van der Waals surface area contributed by atoms with Crippen molar-refractivity contribution in [1.82, 2.24) is 9.78 Å². The molecule has 0 aliphatic heterocycles. The molecule has 0 N–H and O–H groups in total. The van der Waals surface area contributed by atoms with Crippen LogP contribution in [0.3, 0.4) is 0 Å². The standard InChI is InChI=1S/C14H16N2O/c1-3-11(2)16-14(17)10-9-13(15-16)12-7-5-4-6-8-12/h4-11H,3H2,1-2H3. The Kier molecular flexibility index (Phi) is 3.38. The summed E-state index contributed by atoms with van der Waals surface area (Å²) in [5.74, 6) is 0. The van der Waals surface area contributed by atoms with Crippen molar-refractivity contribution < 1.29 is 0 Å². The predicted octanol–water partition coefficient (Wildman–Crippen LogP) is 2.88. The fraction of sp³-hybridized carbons (Fsp3) is 0.286. The van der Waals surface area contributed by atoms with E-state index in [9.17, 15) is 4.79 Å². The summed E-state index contributed by atoms with van der Waals surface area (Å²) in [7, 11) is 0. The maximum absolute atomic E-state index is 11.7. The molecular weight excluding hydrogens is 212 g/mol. The van der Waals surface area contributed by atoms with Crippen LogP contribution < -0.4 is 5.56 Å². The molecule has 0 amide bonds. The third-order valence-electron chi connectivity index (χ3n) is 2.90. The Balaban J connectivity index is 2.48. The van der Waals surface area contributed by atoms with Crippen molar-refractivity contribution in [2.45, 2.75) is 26.3 Å². The Morgan fingerprint density at radius 1 is 1.18 bits per heavy atom. The molecule has 0 saturated heterocycles. The topological polar surface area (TPSA) is 34.9 Å². The fourth-order valence-electron chi connectivity index (χ4n) is 1.68. The highest BCUT2D eigenvalue weighted by Gasteiger charge is 2.07. The van der Waals surface area contributed by atoms with Gasteiger partial charge in [0.25, 0.3) is 5.56 Å². The van der Waals surface area contributed by atoms with Gasteiger partial charge in [-0.2, -0.15) is 5.10 Å². The van der Waals surface area contributed by atoms with Crippen molar-refractivity contribution in [2.24, 2.45) is 0 Å². The van der Waals surface area contributed by atoms with Gasteiger partial charge in [0.1, 0.15) is 0 Å². The molecule has 3 heteroatoms. The average molecular weight is 228 g/mol. The van der Waals surface area contributed by atoms with Gasteiger partial charge < -0.3 is 0 Å². The molecule has 2 rings (SSSR count). The van der Waals surface area contributed by atoms with Crippen molar-refractivity contribution in [3.8, 4) is 11.3 Å². The quantitative estimate of drug-likeness (QED) is 0.809. The lowest BCUT2D eigenvalue weighted by Crippen LogP contribution is -2.25. The SMILES string of the molecule is CCC(C)n1nc(-c2ccccc2)ccc1=O. The van der Waals surface area contributed by atoms with Gasteiger partial charge in [-0.05, 0) is 19.4 Å². The number of aromatic nitrogens is 2. The molecule has 1 heterocycles. The van der Waals surface area contributed by atoms with E-state index in [0.717, 1.165) is 17.7 Å². The van der Waals surface area contributed by atoms with Crippen molar-refractivity contribution in [3.63, 3.8) is 0 Å².